The number of rotatable bonds is 14. The molecule has 212 valence electrons. The SMILES string of the molecule is C=CC(=O)OCCc1ccc(N=Nc2cc3sc(N=Nc4ccc(N(CC)CCOC(=O)CC)cc4)nc3s2)cc1. The number of nitrogens with zero attached hydrogens (tertiary/aromatic N) is 6. The molecule has 0 aliphatic heterocycles. The average molecular weight is 591 g/mol. The molecular formula is C29H30N6O4S2. The standard InChI is InChI=1S/C29H30N6O4S2/c1-4-26(36)38-17-15-20-7-9-21(10-8-20)31-33-25-19-24-28(41-25)30-29(40-24)34-32-22-11-13-23(14-12-22)35(6-3)16-18-39-27(37)5-2/h4,7-14,19H,1,5-6,15-18H2,2-3H3. The number of esters is 2. The minimum atomic E-state index is -0.425. The number of ether oxygens (including phenoxy) is 2. The molecule has 4 aromatic rings. The first kappa shape index (κ1) is 29.7. The smallest absolute Gasteiger partial charge is 0.330 e. The molecule has 0 N–H and O–H groups in total. The highest BCUT2D eigenvalue weighted by Crippen LogP contribution is 2.39. The Bertz CT molecular complexity index is 1500. The van der Waals surface area contributed by atoms with Crippen LogP contribution in [0.3, 0.4) is 0 Å². The molecule has 0 aliphatic carbocycles. The number of hydrogen-bond acceptors (Lipinski definition) is 12. The fourth-order valence-electron chi connectivity index (χ4n) is 3.64. The summed E-state index contributed by atoms with van der Waals surface area (Å²) < 4.78 is 11.2. The third-order valence-corrected chi connectivity index (χ3v) is 7.76. The minimum Gasteiger partial charge on any atom is -0.464 e. The number of carbonyl (C=O) groups is 2. The van der Waals surface area contributed by atoms with Crippen molar-refractivity contribution in [2.24, 2.45) is 20.5 Å². The molecule has 0 amide bonds. The van der Waals surface area contributed by atoms with Crippen LogP contribution in [0.1, 0.15) is 25.8 Å². The zero-order chi connectivity index (χ0) is 29.0. The molecule has 0 aliphatic rings. The van der Waals surface area contributed by atoms with Crippen molar-refractivity contribution in [1.29, 1.82) is 0 Å². The molecule has 0 bridgehead atoms. The molecule has 0 saturated carbocycles. The number of anilines is 1. The largest absolute Gasteiger partial charge is 0.464 e. The highest BCUT2D eigenvalue weighted by Gasteiger charge is 2.09. The Kier molecular flexibility index (Phi) is 10.8. The van der Waals surface area contributed by atoms with E-state index < -0.39 is 5.97 Å². The molecule has 41 heavy (non-hydrogen) atoms. The topological polar surface area (TPSA) is 118 Å². The molecule has 12 heteroatoms. The highest BCUT2D eigenvalue weighted by atomic mass is 32.1. The molecule has 10 nitrogen and oxygen atoms in total. The fraction of sp³-hybridized carbons (Fsp3) is 0.276. The molecule has 4 rings (SSSR count). The molecule has 0 radical (unpaired) electrons. The fourth-order valence-corrected chi connectivity index (χ4v) is 5.49. The average Bonchev–Trinajstić information content (AvgIpc) is 3.56. The van der Waals surface area contributed by atoms with E-state index >= 15 is 0 Å². The van der Waals surface area contributed by atoms with Crippen molar-refractivity contribution >= 4 is 71.3 Å². The monoisotopic (exact) mass is 590 g/mol. The van der Waals surface area contributed by atoms with Crippen molar-refractivity contribution in [3.8, 4) is 0 Å². The highest BCUT2D eigenvalue weighted by molar-refractivity contribution is 7.30. The van der Waals surface area contributed by atoms with Gasteiger partial charge in [0.15, 0.2) is 0 Å². The second-order valence-corrected chi connectivity index (χ2v) is 10.6. The van der Waals surface area contributed by atoms with Crippen LogP contribution in [0.5, 0.6) is 0 Å². The van der Waals surface area contributed by atoms with Crippen LogP contribution in [0.4, 0.5) is 27.2 Å². The van der Waals surface area contributed by atoms with Gasteiger partial charge in [-0.3, -0.25) is 4.79 Å². The van der Waals surface area contributed by atoms with Crippen molar-refractivity contribution in [3.63, 3.8) is 0 Å². The number of benzene rings is 2. The third kappa shape index (κ3) is 8.85. The van der Waals surface area contributed by atoms with Crippen LogP contribution in [0.25, 0.3) is 9.53 Å². The number of thiophene rings is 1. The quantitative estimate of drug-likeness (QED) is 0.0829. The van der Waals surface area contributed by atoms with Gasteiger partial charge in [0.2, 0.25) is 5.13 Å². The number of hydrogen-bond donors (Lipinski definition) is 0. The second-order valence-electron chi connectivity index (χ2n) is 8.61. The number of aromatic nitrogens is 1. The van der Waals surface area contributed by atoms with E-state index in [1.807, 2.05) is 54.6 Å². The Hall–Kier alpha value is -4.29. The molecule has 0 unspecified atom stereocenters. The van der Waals surface area contributed by atoms with E-state index in [9.17, 15) is 9.59 Å². The number of fused-ring (bicyclic) bond motifs is 1. The lowest BCUT2D eigenvalue weighted by atomic mass is 10.1. The van der Waals surface area contributed by atoms with Crippen LogP contribution < -0.4 is 4.90 Å². The lowest BCUT2D eigenvalue weighted by molar-refractivity contribution is -0.143. The molecule has 0 fully saturated rings. The zero-order valence-corrected chi connectivity index (χ0v) is 24.5. The lowest BCUT2D eigenvalue weighted by Gasteiger charge is -2.22. The number of thiazole rings is 1. The van der Waals surface area contributed by atoms with E-state index in [1.165, 1.54) is 22.7 Å². The van der Waals surface area contributed by atoms with Gasteiger partial charge < -0.3 is 14.4 Å². The lowest BCUT2D eigenvalue weighted by Crippen LogP contribution is -2.27. The van der Waals surface area contributed by atoms with E-state index in [-0.39, 0.29) is 5.97 Å². The van der Waals surface area contributed by atoms with Crippen LogP contribution in [-0.2, 0) is 25.5 Å². The molecular weight excluding hydrogens is 560 g/mol. The summed E-state index contributed by atoms with van der Waals surface area (Å²) in [7, 11) is 0. The number of azo groups is 2. The van der Waals surface area contributed by atoms with Gasteiger partial charge in [-0.1, -0.05) is 48.3 Å². The Morgan fingerprint density at radius 1 is 0.927 bits per heavy atom. The number of likely N-dealkylation sites (N-methyl/N-ethyl adjacent to an activating group) is 1. The predicted molar refractivity (Wildman–Crippen MR) is 163 cm³/mol. The maximum Gasteiger partial charge on any atom is 0.330 e. The summed E-state index contributed by atoms with van der Waals surface area (Å²) in [5.41, 5.74) is 3.51. The van der Waals surface area contributed by atoms with Crippen LogP contribution in [0.15, 0.2) is 87.7 Å². The van der Waals surface area contributed by atoms with E-state index in [0.29, 0.717) is 37.7 Å². The summed E-state index contributed by atoms with van der Waals surface area (Å²) in [6.07, 6.45) is 2.15. The summed E-state index contributed by atoms with van der Waals surface area (Å²) in [4.78, 5) is 30.0. The Balaban J connectivity index is 1.30. The Morgan fingerprint density at radius 2 is 1.63 bits per heavy atom. The van der Waals surface area contributed by atoms with Crippen molar-refractivity contribution in [1.82, 2.24) is 4.98 Å². The van der Waals surface area contributed by atoms with Crippen LogP contribution in [0, 0.1) is 0 Å². The van der Waals surface area contributed by atoms with E-state index in [0.717, 1.165) is 49.8 Å². The summed E-state index contributed by atoms with van der Waals surface area (Å²) in [5, 5.41) is 18.6. The van der Waals surface area contributed by atoms with Gasteiger partial charge in [-0.2, -0.15) is 0 Å². The van der Waals surface area contributed by atoms with Crippen molar-refractivity contribution < 1.29 is 19.1 Å². The van der Waals surface area contributed by atoms with Gasteiger partial charge in [0.05, 0.1) is 29.2 Å². The molecule has 2 heterocycles. The first-order chi connectivity index (χ1) is 20.0. The third-order valence-electron chi connectivity index (χ3n) is 5.83. The van der Waals surface area contributed by atoms with E-state index in [1.54, 1.807) is 6.92 Å². The van der Waals surface area contributed by atoms with Gasteiger partial charge in [-0.05, 0) is 55.0 Å². The van der Waals surface area contributed by atoms with Crippen LogP contribution >= 0.6 is 22.7 Å². The molecule has 0 atom stereocenters. The van der Waals surface area contributed by atoms with Crippen molar-refractivity contribution in [3.05, 3.63) is 72.8 Å². The first-order valence-electron chi connectivity index (χ1n) is 13.1. The summed E-state index contributed by atoms with van der Waals surface area (Å²) in [6.45, 7) is 9.31. The number of carbonyl (C=O) groups excluding carboxylic acids is 2. The van der Waals surface area contributed by atoms with Gasteiger partial charge in [-0.25, -0.2) is 9.78 Å². The summed E-state index contributed by atoms with van der Waals surface area (Å²) in [6, 6.07) is 17.3. The molecule has 0 saturated heterocycles. The van der Waals surface area contributed by atoms with Crippen molar-refractivity contribution in [2.45, 2.75) is 26.7 Å². The minimum absolute atomic E-state index is 0.190. The van der Waals surface area contributed by atoms with E-state index in [2.05, 4.69) is 43.8 Å². The van der Waals surface area contributed by atoms with Crippen molar-refractivity contribution in [2.75, 3.05) is 31.2 Å². The first-order valence-corrected chi connectivity index (χ1v) is 14.7. The molecule has 2 aromatic heterocycles. The Labute approximate surface area is 246 Å². The van der Waals surface area contributed by atoms with Crippen LogP contribution in [-0.4, -0.2) is 43.2 Å². The Morgan fingerprint density at radius 3 is 2.29 bits per heavy atom. The van der Waals surface area contributed by atoms with E-state index in [4.69, 9.17) is 9.47 Å². The second kappa shape index (κ2) is 14.9. The zero-order valence-electron chi connectivity index (χ0n) is 22.9. The van der Waals surface area contributed by atoms with Gasteiger partial charge in [-0.15, -0.1) is 20.5 Å². The van der Waals surface area contributed by atoms with Gasteiger partial charge >= 0.3 is 11.9 Å². The predicted octanol–water partition coefficient (Wildman–Crippen LogP) is 8.24. The van der Waals surface area contributed by atoms with Gasteiger partial charge in [0.1, 0.15) is 16.4 Å². The van der Waals surface area contributed by atoms with Crippen LogP contribution in [0.2, 0.25) is 0 Å². The molecule has 2 aromatic carbocycles. The summed E-state index contributed by atoms with van der Waals surface area (Å²) in [5.74, 6) is -0.615. The normalized spacial score (nSPS) is 11.4. The summed E-state index contributed by atoms with van der Waals surface area (Å²) >= 11 is 2.88. The maximum atomic E-state index is 11.4. The maximum absolute atomic E-state index is 11.4. The van der Waals surface area contributed by atoms with Gasteiger partial charge in [0.25, 0.3) is 0 Å². The molecule has 0 spiro atoms. The van der Waals surface area contributed by atoms with Gasteiger partial charge in [0, 0.05) is 31.1 Å².